The van der Waals surface area contributed by atoms with Crippen molar-refractivity contribution >= 4 is 9.84 Å². The number of rotatable bonds is 5. The Balaban J connectivity index is 2.04. The summed E-state index contributed by atoms with van der Waals surface area (Å²) >= 11 is 0. The first kappa shape index (κ1) is 16.1. The second-order valence-corrected chi connectivity index (χ2v) is 7.93. The SMILES string of the molecule is COC[C@]1(N)[C@@H](c2cccc(F)c2)[C@@H]1S(=O)(=O)c1ccccc1. The van der Waals surface area contributed by atoms with E-state index >= 15 is 0 Å². The number of hydrogen-bond acceptors (Lipinski definition) is 4. The molecule has 1 fully saturated rings. The highest BCUT2D eigenvalue weighted by Crippen LogP contribution is 2.55. The molecule has 23 heavy (non-hydrogen) atoms. The van der Waals surface area contributed by atoms with Crippen LogP contribution < -0.4 is 5.73 Å². The van der Waals surface area contributed by atoms with Gasteiger partial charge in [0.2, 0.25) is 0 Å². The molecule has 0 aliphatic heterocycles. The molecular formula is C17H18FNO3S. The number of nitrogens with two attached hydrogens (primary N) is 1. The van der Waals surface area contributed by atoms with Gasteiger partial charge in [0.15, 0.2) is 9.84 Å². The van der Waals surface area contributed by atoms with Crippen molar-refractivity contribution < 1.29 is 17.5 Å². The van der Waals surface area contributed by atoms with Gasteiger partial charge >= 0.3 is 0 Å². The quantitative estimate of drug-likeness (QED) is 0.908. The van der Waals surface area contributed by atoms with Gasteiger partial charge in [0, 0.05) is 13.0 Å². The normalized spacial score (nSPS) is 26.9. The van der Waals surface area contributed by atoms with E-state index in [1.54, 1.807) is 42.5 Å². The standard InChI is InChI=1S/C17H18FNO3S/c1-22-11-17(19)15(12-6-5-7-13(18)10-12)16(17)23(20,21)14-8-3-2-4-9-14/h2-10,15-16H,11,19H2,1H3/t15-,16-,17-/m0/s1. The minimum atomic E-state index is -3.63. The van der Waals surface area contributed by atoms with E-state index in [0.29, 0.717) is 5.56 Å². The summed E-state index contributed by atoms with van der Waals surface area (Å²) in [6, 6.07) is 14.1. The molecule has 1 aliphatic rings. The lowest BCUT2D eigenvalue weighted by atomic mass is 10.1. The molecule has 2 N–H and O–H groups in total. The van der Waals surface area contributed by atoms with Crippen LogP contribution in [0.4, 0.5) is 4.39 Å². The molecular weight excluding hydrogens is 317 g/mol. The first-order chi connectivity index (χ1) is 10.9. The Morgan fingerprint density at radius 2 is 1.87 bits per heavy atom. The van der Waals surface area contributed by atoms with Crippen LogP contribution in [-0.2, 0) is 14.6 Å². The third-order valence-electron chi connectivity index (χ3n) is 4.31. The monoisotopic (exact) mass is 335 g/mol. The molecule has 0 aromatic heterocycles. The van der Waals surface area contributed by atoms with Gasteiger partial charge in [-0.3, -0.25) is 0 Å². The van der Waals surface area contributed by atoms with E-state index in [0.717, 1.165) is 0 Å². The van der Waals surface area contributed by atoms with Gasteiger partial charge in [-0.1, -0.05) is 30.3 Å². The number of methoxy groups -OCH3 is 1. The molecule has 1 saturated carbocycles. The van der Waals surface area contributed by atoms with Gasteiger partial charge in [0.05, 0.1) is 22.3 Å². The fourth-order valence-corrected chi connectivity index (χ4v) is 5.57. The minimum absolute atomic E-state index is 0.0882. The van der Waals surface area contributed by atoms with Gasteiger partial charge in [-0.05, 0) is 29.8 Å². The van der Waals surface area contributed by atoms with E-state index < -0.39 is 32.4 Å². The van der Waals surface area contributed by atoms with E-state index in [1.165, 1.54) is 19.2 Å². The molecule has 6 heteroatoms. The fraction of sp³-hybridized carbons (Fsp3) is 0.294. The molecule has 4 nitrogen and oxygen atoms in total. The third kappa shape index (κ3) is 2.67. The van der Waals surface area contributed by atoms with Crippen LogP contribution in [0.3, 0.4) is 0 Å². The molecule has 0 unspecified atom stereocenters. The summed E-state index contributed by atoms with van der Waals surface area (Å²) in [5, 5.41) is -0.834. The Morgan fingerprint density at radius 3 is 2.48 bits per heavy atom. The summed E-state index contributed by atoms with van der Waals surface area (Å²) in [6.07, 6.45) is 0. The molecule has 3 atom stereocenters. The van der Waals surface area contributed by atoms with Crippen LogP contribution in [0.2, 0.25) is 0 Å². The Labute approximate surface area is 135 Å². The maximum Gasteiger partial charge on any atom is 0.183 e. The first-order valence-electron chi connectivity index (χ1n) is 7.23. The highest BCUT2D eigenvalue weighted by molar-refractivity contribution is 7.92. The zero-order valence-electron chi connectivity index (χ0n) is 12.6. The van der Waals surface area contributed by atoms with Crippen molar-refractivity contribution in [3.63, 3.8) is 0 Å². The van der Waals surface area contributed by atoms with Crippen LogP contribution in [0.1, 0.15) is 11.5 Å². The van der Waals surface area contributed by atoms with E-state index in [9.17, 15) is 12.8 Å². The molecule has 2 aromatic rings. The van der Waals surface area contributed by atoms with Crippen LogP contribution in [0.15, 0.2) is 59.5 Å². The predicted molar refractivity (Wildman–Crippen MR) is 85.4 cm³/mol. The van der Waals surface area contributed by atoms with Gasteiger partial charge in [0.1, 0.15) is 5.82 Å². The number of halogens is 1. The van der Waals surface area contributed by atoms with E-state index in [-0.39, 0.29) is 11.5 Å². The molecule has 0 radical (unpaired) electrons. The number of benzene rings is 2. The van der Waals surface area contributed by atoms with Crippen molar-refractivity contribution in [2.24, 2.45) is 5.73 Å². The molecule has 0 saturated heterocycles. The maximum absolute atomic E-state index is 13.5. The zero-order valence-corrected chi connectivity index (χ0v) is 13.5. The number of ether oxygens (including phenoxy) is 1. The lowest BCUT2D eigenvalue weighted by Crippen LogP contribution is -2.35. The summed E-state index contributed by atoms with van der Waals surface area (Å²) in [4.78, 5) is 0.217. The lowest BCUT2D eigenvalue weighted by Gasteiger charge is -2.11. The van der Waals surface area contributed by atoms with E-state index in [2.05, 4.69) is 0 Å². The average Bonchev–Trinajstić information content (AvgIpc) is 3.15. The van der Waals surface area contributed by atoms with Crippen molar-refractivity contribution in [3.05, 3.63) is 66.0 Å². The van der Waals surface area contributed by atoms with Gasteiger partial charge in [-0.25, -0.2) is 12.8 Å². The van der Waals surface area contributed by atoms with Crippen LogP contribution in [0.5, 0.6) is 0 Å². The Hall–Kier alpha value is -1.76. The number of hydrogen-bond donors (Lipinski definition) is 1. The lowest BCUT2D eigenvalue weighted by molar-refractivity contribution is 0.171. The maximum atomic E-state index is 13.5. The second-order valence-electron chi connectivity index (χ2n) is 5.86. The summed E-state index contributed by atoms with van der Waals surface area (Å²) in [5.74, 6) is -0.909. The largest absolute Gasteiger partial charge is 0.383 e. The van der Waals surface area contributed by atoms with E-state index in [1.807, 2.05) is 0 Å². The van der Waals surface area contributed by atoms with Gasteiger partial charge in [0.25, 0.3) is 0 Å². The van der Waals surface area contributed by atoms with Crippen LogP contribution in [0, 0.1) is 5.82 Å². The Bertz CT molecular complexity index is 810. The minimum Gasteiger partial charge on any atom is -0.383 e. The highest BCUT2D eigenvalue weighted by atomic mass is 32.2. The summed E-state index contributed by atoms with van der Waals surface area (Å²) in [6.45, 7) is 0.0882. The molecule has 3 rings (SSSR count). The molecule has 1 aliphatic carbocycles. The first-order valence-corrected chi connectivity index (χ1v) is 8.78. The third-order valence-corrected chi connectivity index (χ3v) is 6.62. The van der Waals surface area contributed by atoms with E-state index in [4.69, 9.17) is 10.5 Å². The van der Waals surface area contributed by atoms with Crippen LogP contribution in [0.25, 0.3) is 0 Å². The fourth-order valence-electron chi connectivity index (χ4n) is 3.25. The van der Waals surface area contributed by atoms with Crippen molar-refractivity contribution in [2.75, 3.05) is 13.7 Å². The topological polar surface area (TPSA) is 69.4 Å². The summed E-state index contributed by atoms with van der Waals surface area (Å²) in [7, 11) is -2.16. The second kappa shape index (κ2) is 5.70. The van der Waals surface area contributed by atoms with Crippen LogP contribution in [-0.4, -0.2) is 32.9 Å². The molecule has 0 bridgehead atoms. The Kier molecular flexibility index (Phi) is 4.00. The number of sulfone groups is 1. The molecule has 0 spiro atoms. The molecule has 122 valence electrons. The van der Waals surface area contributed by atoms with Crippen molar-refractivity contribution in [1.29, 1.82) is 0 Å². The van der Waals surface area contributed by atoms with Crippen molar-refractivity contribution in [1.82, 2.24) is 0 Å². The summed E-state index contributed by atoms with van der Waals surface area (Å²) in [5.41, 5.74) is 5.84. The molecule has 0 amide bonds. The molecule has 0 heterocycles. The van der Waals surface area contributed by atoms with Gasteiger partial charge < -0.3 is 10.5 Å². The van der Waals surface area contributed by atoms with Gasteiger partial charge in [-0.15, -0.1) is 0 Å². The van der Waals surface area contributed by atoms with Crippen molar-refractivity contribution in [2.45, 2.75) is 21.6 Å². The highest BCUT2D eigenvalue weighted by Gasteiger charge is 2.69. The smallest absolute Gasteiger partial charge is 0.183 e. The van der Waals surface area contributed by atoms with Crippen molar-refractivity contribution in [3.8, 4) is 0 Å². The Morgan fingerprint density at radius 1 is 1.17 bits per heavy atom. The zero-order chi connectivity index (χ0) is 16.7. The van der Waals surface area contributed by atoms with Crippen LogP contribution >= 0.6 is 0 Å². The van der Waals surface area contributed by atoms with Gasteiger partial charge in [-0.2, -0.15) is 0 Å². The average molecular weight is 335 g/mol. The summed E-state index contributed by atoms with van der Waals surface area (Å²) < 4.78 is 44.5. The predicted octanol–water partition coefficient (Wildman–Crippen LogP) is 2.11. The molecule has 2 aromatic carbocycles.